The molecule has 4 rings (SSSR count). The van der Waals surface area contributed by atoms with E-state index < -0.39 is 0 Å². The lowest BCUT2D eigenvalue weighted by atomic mass is 10.0. The Labute approximate surface area is 161 Å². The number of nitrogens with one attached hydrogen (secondary N) is 1. The smallest absolute Gasteiger partial charge is 0.222 e. The number of nitrogens with zero attached hydrogens (tertiary/aromatic N) is 6. The molecule has 3 N–H and O–H groups in total. The van der Waals surface area contributed by atoms with Crippen molar-refractivity contribution in [2.45, 2.75) is 13.0 Å². The Balaban J connectivity index is 1.84. The lowest BCUT2D eigenvalue weighted by molar-refractivity contribution is 0.769. The number of pyridine rings is 1. The Morgan fingerprint density at radius 3 is 2.78 bits per heavy atom. The molecule has 0 amide bonds. The van der Waals surface area contributed by atoms with E-state index in [2.05, 4.69) is 26.4 Å². The molecule has 0 saturated heterocycles. The summed E-state index contributed by atoms with van der Waals surface area (Å²) >= 11 is 6.21. The molecule has 8 nitrogen and oxygen atoms in total. The number of fused-ring (bicyclic) bond motifs is 1. The summed E-state index contributed by atoms with van der Waals surface area (Å²) in [7, 11) is 3.91. The summed E-state index contributed by atoms with van der Waals surface area (Å²) in [6, 6.07) is 5.92. The molecule has 1 unspecified atom stereocenters. The van der Waals surface area contributed by atoms with Crippen molar-refractivity contribution in [2.75, 3.05) is 11.1 Å². The highest BCUT2D eigenvalue weighted by Gasteiger charge is 2.19. The normalized spacial score (nSPS) is 12.4. The molecule has 0 spiro atoms. The number of rotatable bonds is 4. The molecule has 9 heteroatoms. The first-order valence-electron chi connectivity index (χ1n) is 8.43. The quantitative estimate of drug-likeness (QED) is 0.562. The summed E-state index contributed by atoms with van der Waals surface area (Å²) in [6.07, 6.45) is 5.25. The van der Waals surface area contributed by atoms with Gasteiger partial charge < -0.3 is 15.6 Å². The summed E-state index contributed by atoms with van der Waals surface area (Å²) < 4.78 is 3.88. The molecule has 138 valence electrons. The molecule has 0 fully saturated rings. The summed E-state index contributed by atoms with van der Waals surface area (Å²) in [5.41, 5.74) is 10.5. The molecule has 1 atom stereocenters. The summed E-state index contributed by atoms with van der Waals surface area (Å²) in [4.78, 5) is 13.0. The van der Waals surface area contributed by atoms with Crippen LogP contribution in [-0.2, 0) is 14.1 Å². The van der Waals surface area contributed by atoms with Crippen LogP contribution in [0.5, 0.6) is 0 Å². The van der Waals surface area contributed by atoms with Gasteiger partial charge >= 0.3 is 0 Å². The summed E-state index contributed by atoms with van der Waals surface area (Å²) in [5.74, 6) is 0.634. The number of hydrogen-bond acceptors (Lipinski definition) is 6. The first-order chi connectivity index (χ1) is 12.9. The average molecular weight is 383 g/mol. The van der Waals surface area contributed by atoms with Crippen LogP contribution in [-0.4, -0.2) is 29.3 Å². The van der Waals surface area contributed by atoms with Crippen LogP contribution in [0, 0.1) is 0 Å². The first-order valence-corrected chi connectivity index (χ1v) is 8.80. The van der Waals surface area contributed by atoms with Gasteiger partial charge in [-0.05, 0) is 25.1 Å². The third-order valence-corrected chi connectivity index (χ3v) is 4.80. The standard InChI is InChI=1S/C18H19ClN8/c1-10(23-17-12(19)9-21-18(20)25-17)16-11(14-4-6-22-27(14)3)8-15-13(24-16)5-7-26(15)2/h4-10H,1-3H3,(H3,20,21,23,25). The second-order valence-electron chi connectivity index (χ2n) is 6.38. The van der Waals surface area contributed by atoms with Gasteiger partial charge in [0, 0.05) is 32.1 Å². The van der Waals surface area contributed by atoms with Gasteiger partial charge in [0.1, 0.15) is 5.02 Å². The number of hydrogen-bond donors (Lipinski definition) is 2. The Morgan fingerprint density at radius 2 is 2.04 bits per heavy atom. The third-order valence-electron chi connectivity index (χ3n) is 4.52. The predicted octanol–water partition coefficient (Wildman–Crippen LogP) is 3.17. The predicted molar refractivity (Wildman–Crippen MR) is 106 cm³/mol. The van der Waals surface area contributed by atoms with Crippen LogP contribution in [0.1, 0.15) is 18.7 Å². The van der Waals surface area contributed by atoms with Crippen LogP contribution in [0.4, 0.5) is 11.8 Å². The van der Waals surface area contributed by atoms with Crippen LogP contribution in [0.15, 0.2) is 36.8 Å². The molecule has 4 aromatic rings. The largest absolute Gasteiger partial charge is 0.368 e. The maximum atomic E-state index is 6.21. The maximum absolute atomic E-state index is 6.21. The van der Waals surface area contributed by atoms with Crippen molar-refractivity contribution < 1.29 is 0 Å². The molecule has 0 aromatic carbocycles. The lowest BCUT2D eigenvalue weighted by Crippen LogP contribution is -2.13. The number of anilines is 2. The van der Waals surface area contributed by atoms with Crippen molar-refractivity contribution in [3.63, 3.8) is 0 Å². The zero-order valence-electron chi connectivity index (χ0n) is 15.2. The highest BCUT2D eigenvalue weighted by atomic mass is 35.5. The Morgan fingerprint density at radius 1 is 1.22 bits per heavy atom. The molecular weight excluding hydrogens is 364 g/mol. The van der Waals surface area contributed by atoms with E-state index in [0.717, 1.165) is 28.0 Å². The van der Waals surface area contributed by atoms with Crippen LogP contribution in [0.25, 0.3) is 22.3 Å². The van der Waals surface area contributed by atoms with Gasteiger partial charge in [0.25, 0.3) is 0 Å². The molecule has 4 heterocycles. The molecule has 0 saturated carbocycles. The van der Waals surface area contributed by atoms with E-state index in [-0.39, 0.29) is 12.0 Å². The fraction of sp³-hybridized carbons (Fsp3) is 0.222. The van der Waals surface area contributed by atoms with Gasteiger partial charge in [0.2, 0.25) is 5.95 Å². The van der Waals surface area contributed by atoms with Crippen LogP contribution >= 0.6 is 11.6 Å². The van der Waals surface area contributed by atoms with Crippen LogP contribution in [0.3, 0.4) is 0 Å². The topological polar surface area (TPSA) is 99.5 Å². The molecule has 27 heavy (non-hydrogen) atoms. The SMILES string of the molecule is CC(Nc1nc(N)ncc1Cl)c1nc2ccn(C)c2cc1-c1ccnn1C. The molecule has 4 aromatic heterocycles. The van der Waals surface area contributed by atoms with Gasteiger partial charge in [-0.1, -0.05) is 11.6 Å². The van der Waals surface area contributed by atoms with Crippen molar-refractivity contribution in [1.29, 1.82) is 0 Å². The van der Waals surface area contributed by atoms with Crippen LogP contribution in [0.2, 0.25) is 5.02 Å². The van der Waals surface area contributed by atoms with Gasteiger partial charge in [-0.2, -0.15) is 10.1 Å². The number of aromatic nitrogens is 6. The molecule has 0 aliphatic heterocycles. The van der Waals surface area contributed by atoms with Gasteiger partial charge in [-0.25, -0.2) is 9.97 Å². The van der Waals surface area contributed by atoms with E-state index >= 15 is 0 Å². The first kappa shape index (κ1) is 17.3. The van der Waals surface area contributed by atoms with Gasteiger partial charge in [0.05, 0.1) is 34.7 Å². The van der Waals surface area contributed by atoms with Crippen LogP contribution < -0.4 is 11.1 Å². The monoisotopic (exact) mass is 382 g/mol. The highest BCUT2D eigenvalue weighted by molar-refractivity contribution is 6.32. The van der Waals surface area contributed by atoms with Crippen molar-refractivity contribution in [1.82, 2.24) is 29.3 Å². The van der Waals surface area contributed by atoms with Crippen molar-refractivity contribution in [2.24, 2.45) is 14.1 Å². The van der Waals surface area contributed by atoms with Gasteiger partial charge in [-0.15, -0.1) is 0 Å². The fourth-order valence-electron chi connectivity index (χ4n) is 3.13. The minimum absolute atomic E-state index is 0.160. The van der Waals surface area contributed by atoms with Gasteiger partial charge in [0.15, 0.2) is 5.82 Å². The molecule has 0 aliphatic rings. The van der Waals surface area contributed by atoms with Gasteiger partial charge in [-0.3, -0.25) is 4.68 Å². The minimum Gasteiger partial charge on any atom is -0.368 e. The molecule has 0 aliphatic carbocycles. The number of nitrogens with two attached hydrogens (primary N) is 1. The molecule has 0 bridgehead atoms. The lowest BCUT2D eigenvalue weighted by Gasteiger charge is -2.19. The number of halogens is 1. The Kier molecular flexibility index (Phi) is 4.19. The fourth-order valence-corrected chi connectivity index (χ4v) is 3.27. The highest BCUT2D eigenvalue weighted by Crippen LogP contribution is 2.32. The zero-order valence-corrected chi connectivity index (χ0v) is 15.9. The van der Waals surface area contributed by atoms with E-state index in [1.165, 1.54) is 6.20 Å². The Bertz CT molecular complexity index is 1130. The van der Waals surface area contributed by atoms with E-state index in [0.29, 0.717) is 10.8 Å². The zero-order chi connectivity index (χ0) is 19.1. The summed E-state index contributed by atoms with van der Waals surface area (Å²) in [5, 5.41) is 8.00. The van der Waals surface area contributed by atoms with Crippen molar-refractivity contribution in [3.05, 3.63) is 47.5 Å². The summed E-state index contributed by atoms with van der Waals surface area (Å²) in [6.45, 7) is 2.01. The number of nitrogen functional groups attached to an aromatic ring is 1. The van der Waals surface area contributed by atoms with E-state index in [1.807, 2.05) is 48.6 Å². The van der Waals surface area contributed by atoms with E-state index in [1.54, 1.807) is 6.20 Å². The van der Waals surface area contributed by atoms with E-state index in [4.69, 9.17) is 22.3 Å². The molecular formula is C18H19ClN8. The minimum atomic E-state index is -0.175. The van der Waals surface area contributed by atoms with Crippen molar-refractivity contribution in [3.8, 4) is 11.3 Å². The van der Waals surface area contributed by atoms with Crippen molar-refractivity contribution >= 4 is 34.4 Å². The second kappa shape index (κ2) is 6.55. The second-order valence-corrected chi connectivity index (χ2v) is 6.79. The van der Waals surface area contributed by atoms with E-state index in [9.17, 15) is 0 Å². The number of aryl methyl sites for hydroxylation is 2. The average Bonchev–Trinajstić information content (AvgIpc) is 3.23. The maximum Gasteiger partial charge on any atom is 0.222 e. The Hall–Kier alpha value is -3.13. The molecule has 0 radical (unpaired) electrons. The third kappa shape index (κ3) is 3.08.